The third-order valence-electron chi connectivity index (χ3n) is 7.96. The Kier molecular flexibility index (Phi) is 8.30. The van der Waals surface area contributed by atoms with Gasteiger partial charge in [-0.1, -0.05) is 19.3 Å². The number of aliphatic imine (C=N–C) groups is 1. The SMILES string of the molecule is CCNC(=NCC1(N2CCCC2)CCOCC1)NC1CCCN(C2CCCCC2)C1. The van der Waals surface area contributed by atoms with Crippen LogP contribution < -0.4 is 10.6 Å². The Morgan fingerprint density at radius 2 is 1.73 bits per heavy atom. The Morgan fingerprint density at radius 1 is 0.967 bits per heavy atom. The Labute approximate surface area is 184 Å². The quantitative estimate of drug-likeness (QED) is 0.512. The summed E-state index contributed by atoms with van der Waals surface area (Å²) < 4.78 is 5.72. The van der Waals surface area contributed by atoms with Crippen LogP contribution in [-0.2, 0) is 4.74 Å². The third kappa shape index (κ3) is 5.68. The van der Waals surface area contributed by atoms with Gasteiger partial charge in [0.15, 0.2) is 5.96 Å². The summed E-state index contributed by atoms with van der Waals surface area (Å²) in [7, 11) is 0. The minimum atomic E-state index is 0.206. The van der Waals surface area contributed by atoms with Gasteiger partial charge in [0.25, 0.3) is 0 Å². The van der Waals surface area contributed by atoms with Crippen LogP contribution >= 0.6 is 0 Å². The van der Waals surface area contributed by atoms with E-state index >= 15 is 0 Å². The molecule has 172 valence electrons. The number of nitrogens with zero attached hydrogens (tertiary/aromatic N) is 3. The smallest absolute Gasteiger partial charge is 0.191 e. The van der Waals surface area contributed by atoms with Crippen molar-refractivity contribution in [2.24, 2.45) is 4.99 Å². The number of hydrogen-bond acceptors (Lipinski definition) is 4. The van der Waals surface area contributed by atoms with E-state index in [4.69, 9.17) is 9.73 Å². The van der Waals surface area contributed by atoms with Crippen molar-refractivity contribution in [2.75, 3.05) is 52.5 Å². The highest BCUT2D eigenvalue weighted by atomic mass is 16.5. The summed E-state index contributed by atoms with van der Waals surface area (Å²) in [5.74, 6) is 1.03. The standard InChI is InChI=1S/C24H45N5O/c1-2-25-23(26-20-24(12-17-30-18-13-24)29-15-6-7-16-29)27-21-9-8-14-28(19-21)22-10-4-3-5-11-22/h21-22H,2-20H2,1H3,(H2,25,26,27). The Hall–Kier alpha value is -0.850. The van der Waals surface area contributed by atoms with Gasteiger partial charge in [0.05, 0.1) is 6.54 Å². The van der Waals surface area contributed by atoms with Gasteiger partial charge in [0.2, 0.25) is 0 Å². The van der Waals surface area contributed by atoms with Crippen molar-refractivity contribution in [1.82, 2.24) is 20.4 Å². The zero-order valence-corrected chi connectivity index (χ0v) is 19.3. The van der Waals surface area contributed by atoms with E-state index in [2.05, 4.69) is 27.4 Å². The molecule has 0 bridgehead atoms. The van der Waals surface area contributed by atoms with E-state index in [-0.39, 0.29) is 5.54 Å². The second kappa shape index (κ2) is 11.1. The molecule has 4 rings (SSSR count). The maximum Gasteiger partial charge on any atom is 0.191 e. The van der Waals surface area contributed by atoms with Gasteiger partial charge in [-0.25, -0.2) is 0 Å². The zero-order chi connectivity index (χ0) is 20.7. The number of ether oxygens (including phenoxy) is 1. The number of rotatable bonds is 6. The van der Waals surface area contributed by atoms with Crippen molar-refractivity contribution in [3.05, 3.63) is 0 Å². The molecule has 1 saturated carbocycles. The fraction of sp³-hybridized carbons (Fsp3) is 0.958. The van der Waals surface area contributed by atoms with Crippen molar-refractivity contribution in [3.63, 3.8) is 0 Å². The van der Waals surface area contributed by atoms with E-state index < -0.39 is 0 Å². The average molecular weight is 420 g/mol. The summed E-state index contributed by atoms with van der Waals surface area (Å²) in [5, 5.41) is 7.36. The molecule has 0 amide bonds. The molecule has 30 heavy (non-hydrogen) atoms. The molecular weight excluding hydrogens is 374 g/mol. The van der Waals surface area contributed by atoms with E-state index in [9.17, 15) is 0 Å². The molecule has 1 unspecified atom stereocenters. The molecule has 2 N–H and O–H groups in total. The van der Waals surface area contributed by atoms with E-state index in [1.54, 1.807) is 0 Å². The van der Waals surface area contributed by atoms with Crippen LogP contribution in [0.1, 0.15) is 77.6 Å². The second-order valence-electron chi connectivity index (χ2n) is 10.00. The number of likely N-dealkylation sites (tertiary alicyclic amines) is 2. The molecule has 6 heteroatoms. The first-order valence-corrected chi connectivity index (χ1v) is 12.9. The summed E-state index contributed by atoms with van der Waals surface area (Å²) in [6.45, 7) is 10.7. The Morgan fingerprint density at radius 3 is 2.47 bits per heavy atom. The lowest BCUT2D eigenvalue weighted by molar-refractivity contribution is -0.0139. The lowest BCUT2D eigenvalue weighted by Gasteiger charge is -2.44. The van der Waals surface area contributed by atoms with Gasteiger partial charge in [-0.05, 0) is 77.9 Å². The summed E-state index contributed by atoms with van der Waals surface area (Å²) in [6.07, 6.45) is 14.6. The van der Waals surface area contributed by atoms with Crippen LogP contribution in [0, 0.1) is 0 Å². The van der Waals surface area contributed by atoms with Gasteiger partial charge in [-0.15, -0.1) is 0 Å². The van der Waals surface area contributed by atoms with Gasteiger partial charge in [-0.3, -0.25) is 14.8 Å². The zero-order valence-electron chi connectivity index (χ0n) is 19.3. The van der Waals surface area contributed by atoms with Crippen LogP contribution in [0.15, 0.2) is 4.99 Å². The minimum Gasteiger partial charge on any atom is -0.381 e. The maximum atomic E-state index is 5.72. The lowest BCUT2D eigenvalue weighted by Crippen LogP contribution is -2.55. The normalized spacial score (nSPS) is 29.8. The van der Waals surface area contributed by atoms with Gasteiger partial charge in [-0.2, -0.15) is 0 Å². The molecule has 0 aromatic heterocycles. The second-order valence-corrected chi connectivity index (χ2v) is 10.00. The van der Waals surface area contributed by atoms with Crippen LogP contribution in [0.2, 0.25) is 0 Å². The fourth-order valence-corrected chi connectivity index (χ4v) is 6.16. The highest BCUT2D eigenvalue weighted by Crippen LogP contribution is 2.31. The van der Waals surface area contributed by atoms with Crippen LogP contribution in [-0.4, -0.2) is 85.9 Å². The summed E-state index contributed by atoms with van der Waals surface area (Å²) in [4.78, 5) is 10.7. The topological polar surface area (TPSA) is 52.1 Å². The van der Waals surface area contributed by atoms with Crippen molar-refractivity contribution in [3.8, 4) is 0 Å². The first-order chi connectivity index (χ1) is 14.8. The summed E-state index contributed by atoms with van der Waals surface area (Å²) in [6, 6.07) is 1.35. The first kappa shape index (κ1) is 22.3. The van der Waals surface area contributed by atoms with E-state index in [0.717, 1.165) is 51.1 Å². The molecule has 1 atom stereocenters. The van der Waals surface area contributed by atoms with Gasteiger partial charge < -0.3 is 15.4 Å². The van der Waals surface area contributed by atoms with Crippen molar-refractivity contribution in [1.29, 1.82) is 0 Å². The summed E-state index contributed by atoms with van der Waals surface area (Å²) >= 11 is 0. The van der Waals surface area contributed by atoms with Crippen LogP contribution in [0.3, 0.4) is 0 Å². The molecule has 3 saturated heterocycles. The van der Waals surface area contributed by atoms with Gasteiger partial charge in [0.1, 0.15) is 0 Å². The molecule has 4 fully saturated rings. The van der Waals surface area contributed by atoms with Gasteiger partial charge >= 0.3 is 0 Å². The number of guanidine groups is 1. The maximum absolute atomic E-state index is 5.72. The number of nitrogens with one attached hydrogen (secondary N) is 2. The number of piperidine rings is 1. The predicted molar refractivity (Wildman–Crippen MR) is 124 cm³/mol. The Bertz CT molecular complexity index is 536. The monoisotopic (exact) mass is 419 g/mol. The lowest BCUT2D eigenvalue weighted by atomic mass is 9.88. The summed E-state index contributed by atoms with van der Waals surface area (Å²) in [5.41, 5.74) is 0.206. The Balaban J connectivity index is 1.37. The highest BCUT2D eigenvalue weighted by Gasteiger charge is 2.39. The molecule has 1 aliphatic carbocycles. The fourth-order valence-electron chi connectivity index (χ4n) is 6.16. The molecule has 3 heterocycles. The molecule has 3 aliphatic heterocycles. The van der Waals surface area contributed by atoms with E-state index in [1.165, 1.54) is 84.0 Å². The molecule has 0 aromatic carbocycles. The van der Waals surface area contributed by atoms with Crippen LogP contribution in [0.5, 0.6) is 0 Å². The average Bonchev–Trinajstić information content (AvgIpc) is 3.35. The van der Waals surface area contributed by atoms with E-state index in [1.807, 2.05) is 0 Å². The number of hydrogen-bond donors (Lipinski definition) is 2. The molecule has 0 radical (unpaired) electrons. The van der Waals surface area contributed by atoms with Crippen molar-refractivity contribution >= 4 is 5.96 Å². The van der Waals surface area contributed by atoms with Crippen LogP contribution in [0.4, 0.5) is 0 Å². The van der Waals surface area contributed by atoms with Crippen molar-refractivity contribution in [2.45, 2.75) is 95.2 Å². The van der Waals surface area contributed by atoms with Gasteiger partial charge in [0, 0.05) is 43.9 Å². The van der Waals surface area contributed by atoms with E-state index in [0.29, 0.717) is 6.04 Å². The molecule has 0 aromatic rings. The minimum absolute atomic E-state index is 0.206. The molecule has 0 spiro atoms. The first-order valence-electron chi connectivity index (χ1n) is 12.9. The molecule has 6 nitrogen and oxygen atoms in total. The van der Waals surface area contributed by atoms with Crippen LogP contribution in [0.25, 0.3) is 0 Å². The predicted octanol–water partition coefficient (Wildman–Crippen LogP) is 2.98. The molecular formula is C24H45N5O. The third-order valence-corrected chi connectivity index (χ3v) is 7.96. The largest absolute Gasteiger partial charge is 0.381 e. The van der Waals surface area contributed by atoms with Crippen molar-refractivity contribution < 1.29 is 4.74 Å². The highest BCUT2D eigenvalue weighted by molar-refractivity contribution is 5.80. The molecule has 4 aliphatic rings.